The van der Waals surface area contributed by atoms with Crippen LogP contribution in [-0.2, 0) is 11.2 Å². The maximum atomic E-state index is 5.76. The summed E-state index contributed by atoms with van der Waals surface area (Å²) in [5.41, 5.74) is 4.38. The number of hydrogen-bond donors (Lipinski definition) is 2. The first-order valence-corrected chi connectivity index (χ1v) is 7.91. The van der Waals surface area contributed by atoms with Gasteiger partial charge in [0.1, 0.15) is 0 Å². The minimum atomic E-state index is 0.412. The number of hydrazine groups is 1. The van der Waals surface area contributed by atoms with Crippen molar-refractivity contribution in [3.8, 4) is 0 Å². The van der Waals surface area contributed by atoms with Gasteiger partial charge >= 0.3 is 0 Å². The average Bonchev–Trinajstić information content (AvgIpc) is 2.93. The van der Waals surface area contributed by atoms with Crippen LogP contribution in [0.2, 0.25) is 0 Å². The van der Waals surface area contributed by atoms with Gasteiger partial charge in [0, 0.05) is 12.6 Å². The first kappa shape index (κ1) is 14.0. The highest BCUT2D eigenvalue weighted by atomic mass is 32.1. The molecule has 0 aliphatic carbocycles. The van der Waals surface area contributed by atoms with Gasteiger partial charge in [-0.1, -0.05) is 0 Å². The van der Waals surface area contributed by atoms with Crippen molar-refractivity contribution in [1.82, 2.24) is 5.43 Å². The summed E-state index contributed by atoms with van der Waals surface area (Å²) in [4.78, 5) is 0. The SMILES string of the molecule is NNC(CCc1ccsc1)CCC1CCCCO1. The number of ether oxygens (including phenoxy) is 1. The topological polar surface area (TPSA) is 47.3 Å². The number of rotatable bonds is 7. The molecule has 2 unspecified atom stereocenters. The minimum Gasteiger partial charge on any atom is -0.378 e. The molecule has 0 spiro atoms. The monoisotopic (exact) mass is 268 g/mol. The molecule has 0 saturated carbocycles. The van der Waals surface area contributed by atoms with Crippen LogP contribution in [-0.4, -0.2) is 18.8 Å². The standard InChI is InChI=1S/C14H24N2OS/c15-16-13(5-4-12-8-10-18-11-12)6-7-14-3-1-2-9-17-14/h8,10-11,13-14,16H,1-7,9,15H2. The highest BCUT2D eigenvalue weighted by Crippen LogP contribution is 2.19. The summed E-state index contributed by atoms with van der Waals surface area (Å²) in [5.74, 6) is 5.64. The van der Waals surface area contributed by atoms with Crippen LogP contribution in [0.15, 0.2) is 16.8 Å². The summed E-state index contributed by atoms with van der Waals surface area (Å²) < 4.78 is 5.76. The lowest BCUT2D eigenvalue weighted by Crippen LogP contribution is -2.36. The summed E-state index contributed by atoms with van der Waals surface area (Å²) in [6.07, 6.45) is 8.72. The minimum absolute atomic E-state index is 0.412. The molecular formula is C14H24N2OS. The zero-order chi connectivity index (χ0) is 12.6. The third-order valence-electron chi connectivity index (χ3n) is 3.71. The zero-order valence-electron chi connectivity index (χ0n) is 10.9. The van der Waals surface area contributed by atoms with Gasteiger partial charge < -0.3 is 4.74 Å². The van der Waals surface area contributed by atoms with E-state index in [9.17, 15) is 0 Å². The van der Waals surface area contributed by atoms with Crippen molar-refractivity contribution in [2.75, 3.05) is 6.61 Å². The molecule has 18 heavy (non-hydrogen) atoms. The number of thiophene rings is 1. The van der Waals surface area contributed by atoms with E-state index in [1.54, 1.807) is 11.3 Å². The molecule has 3 N–H and O–H groups in total. The predicted molar refractivity (Wildman–Crippen MR) is 76.6 cm³/mol. The maximum Gasteiger partial charge on any atom is 0.0575 e. The molecule has 0 bridgehead atoms. The molecule has 0 amide bonds. The Hall–Kier alpha value is -0.420. The van der Waals surface area contributed by atoms with Gasteiger partial charge in [-0.25, -0.2) is 0 Å². The van der Waals surface area contributed by atoms with Crippen LogP contribution in [0.3, 0.4) is 0 Å². The highest BCUT2D eigenvalue weighted by molar-refractivity contribution is 7.07. The fraction of sp³-hybridized carbons (Fsp3) is 0.714. The Labute approximate surface area is 114 Å². The molecule has 1 saturated heterocycles. The number of nitrogens with one attached hydrogen (secondary N) is 1. The van der Waals surface area contributed by atoms with E-state index in [4.69, 9.17) is 10.6 Å². The second kappa shape index (κ2) is 7.89. The van der Waals surface area contributed by atoms with Crippen molar-refractivity contribution in [3.05, 3.63) is 22.4 Å². The molecule has 1 aromatic heterocycles. The summed E-state index contributed by atoms with van der Waals surface area (Å²) in [7, 11) is 0. The van der Waals surface area contributed by atoms with E-state index < -0.39 is 0 Å². The van der Waals surface area contributed by atoms with E-state index in [0.717, 1.165) is 32.3 Å². The molecule has 3 nitrogen and oxygen atoms in total. The first-order valence-electron chi connectivity index (χ1n) is 6.97. The lowest BCUT2D eigenvalue weighted by atomic mass is 9.98. The quantitative estimate of drug-likeness (QED) is 0.590. The fourth-order valence-corrected chi connectivity index (χ4v) is 3.21. The number of aryl methyl sites for hydroxylation is 1. The van der Waals surface area contributed by atoms with Gasteiger partial charge in [-0.3, -0.25) is 11.3 Å². The van der Waals surface area contributed by atoms with Crippen molar-refractivity contribution >= 4 is 11.3 Å². The number of hydrogen-bond acceptors (Lipinski definition) is 4. The van der Waals surface area contributed by atoms with Crippen LogP contribution in [0.4, 0.5) is 0 Å². The second-order valence-corrected chi connectivity index (χ2v) is 5.88. The van der Waals surface area contributed by atoms with Crippen LogP contribution in [0.5, 0.6) is 0 Å². The molecule has 1 aromatic rings. The molecule has 0 radical (unpaired) electrons. The van der Waals surface area contributed by atoms with Gasteiger partial charge in [0.25, 0.3) is 0 Å². The molecule has 1 fully saturated rings. The van der Waals surface area contributed by atoms with Gasteiger partial charge in [-0.2, -0.15) is 11.3 Å². The smallest absolute Gasteiger partial charge is 0.0575 e. The van der Waals surface area contributed by atoms with Crippen molar-refractivity contribution in [2.24, 2.45) is 5.84 Å². The summed E-state index contributed by atoms with van der Waals surface area (Å²) in [6, 6.07) is 2.61. The van der Waals surface area contributed by atoms with E-state index >= 15 is 0 Å². The van der Waals surface area contributed by atoms with Gasteiger partial charge in [-0.15, -0.1) is 0 Å². The Balaban J connectivity index is 1.65. The molecule has 2 rings (SSSR count). The van der Waals surface area contributed by atoms with Crippen molar-refractivity contribution in [3.63, 3.8) is 0 Å². The lowest BCUT2D eigenvalue weighted by Gasteiger charge is -2.24. The first-order chi connectivity index (χ1) is 8.88. The average molecular weight is 268 g/mol. The van der Waals surface area contributed by atoms with Crippen molar-refractivity contribution in [1.29, 1.82) is 0 Å². The van der Waals surface area contributed by atoms with Gasteiger partial charge in [0.15, 0.2) is 0 Å². The van der Waals surface area contributed by atoms with Crippen LogP contribution in [0.25, 0.3) is 0 Å². The molecule has 4 heteroatoms. The van der Waals surface area contributed by atoms with E-state index in [0.29, 0.717) is 12.1 Å². The Morgan fingerprint density at radius 3 is 3.06 bits per heavy atom. The molecule has 0 aromatic carbocycles. The molecule has 1 aliphatic rings. The van der Waals surface area contributed by atoms with Crippen molar-refractivity contribution < 1.29 is 4.74 Å². The van der Waals surface area contributed by atoms with Crippen LogP contribution >= 0.6 is 11.3 Å². The van der Waals surface area contributed by atoms with Crippen LogP contribution < -0.4 is 11.3 Å². The van der Waals surface area contributed by atoms with Gasteiger partial charge in [-0.05, 0) is 67.3 Å². The van der Waals surface area contributed by atoms with E-state index in [1.165, 1.54) is 24.8 Å². The molecule has 2 heterocycles. The Kier molecular flexibility index (Phi) is 6.14. The van der Waals surface area contributed by atoms with E-state index in [2.05, 4.69) is 22.3 Å². The normalized spacial score (nSPS) is 21.9. The third-order valence-corrected chi connectivity index (χ3v) is 4.44. The Bertz CT molecular complexity index is 310. The van der Waals surface area contributed by atoms with Crippen LogP contribution in [0, 0.1) is 0 Å². The number of nitrogens with two attached hydrogens (primary N) is 1. The Morgan fingerprint density at radius 2 is 2.39 bits per heavy atom. The van der Waals surface area contributed by atoms with Gasteiger partial charge in [0.2, 0.25) is 0 Å². The van der Waals surface area contributed by atoms with E-state index in [-0.39, 0.29) is 0 Å². The highest BCUT2D eigenvalue weighted by Gasteiger charge is 2.16. The van der Waals surface area contributed by atoms with E-state index in [1.807, 2.05) is 0 Å². The fourth-order valence-electron chi connectivity index (χ4n) is 2.51. The molecular weight excluding hydrogens is 244 g/mol. The van der Waals surface area contributed by atoms with Crippen LogP contribution in [0.1, 0.15) is 44.1 Å². The summed E-state index contributed by atoms with van der Waals surface area (Å²) in [5, 5.41) is 4.36. The maximum absolute atomic E-state index is 5.76. The Morgan fingerprint density at radius 1 is 1.44 bits per heavy atom. The zero-order valence-corrected chi connectivity index (χ0v) is 11.8. The lowest BCUT2D eigenvalue weighted by molar-refractivity contribution is 0.00845. The molecule has 1 aliphatic heterocycles. The second-order valence-electron chi connectivity index (χ2n) is 5.10. The van der Waals surface area contributed by atoms with Crippen molar-refractivity contribution in [2.45, 2.75) is 57.1 Å². The van der Waals surface area contributed by atoms with Gasteiger partial charge in [0.05, 0.1) is 6.10 Å². The molecule has 2 atom stereocenters. The molecule has 102 valence electrons. The third kappa shape index (κ3) is 4.69. The predicted octanol–water partition coefficient (Wildman–Crippen LogP) is 2.86. The summed E-state index contributed by atoms with van der Waals surface area (Å²) >= 11 is 1.76. The summed E-state index contributed by atoms with van der Waals surface area (Å²) in [6.45, 7) is 0.945. The largest absolute Gasteiger partial charge is 0.378 e.